The molecule has 2 fully saturated rings. The fourth-order valence-electron chi connectivity index (χ4n) is 4.18. The lowest BCUT2D eigenvalue weighted by Crippen LogP contribution is -2.36. The third kappa shape index (κ3) is 5.05. The standard InChI is InChI=1S/C23H31N5O/c29-23(28-15-6-3-7-16-28)20-9-8-12-24-22(20)26-18-19-10-11-21(25-17-19)27-13-4-1-2-5-14-27/h8-12,17H,1-7,13-16,18H2,(H,24,26). The van der Waals surface area contributed by atoms with E-state index in [0.29, 0.717) is 17.9 Å². The van der Waals surface area contributed by atoms with E-state index in [9.17, 15) is 4.79 Å². The molecule has 2 saturated heterocycles. The lowest BCUT2D eigenvalue weighted by atomic mass is 10.1. The Morgan fingerprint density at radius 1 is 0.897 bits per heavy atom. The van der Waals surface area contributed by atoms with Crippen molar-refractivity contribution in [2.75, 3.05) is 36.4 Å². The Balaban J connectivity index is 1.39. The number of hydrogen-bond donors (Lipinski definition) is 1. The molecule has 0 aliphatic carbocycles. The van der Waals surface area contributed by atoms with Crippen LogP contribution in [0.1, 0.15) is 60.9 Å². The first kappa shape index (κ1) is 19.7. The van der Waals surface area contributed by atoms with Crippen molar-refractivity contribution in [2.45, 2.75) is 51.5 Å². The Kier molecular flexibility index (Phi) is 6.60. The van der Waals surface area contributed by atoms with Crippen LogP contribution in [0.5, 0.6) is 0 Å². The van der Waals surface area contributed by atoms with Gasteiger partial charge in [0.2, 0.25) is 0 Å². The number of carbonyl (C=O) groups is 1. The summed E-state index contributed by atoms with van der Waals surface area (Å²) in [7, 11) is 0. The van der Waals surface area contributed by atoms with Gasteiger partial charge >= 0.3 is 0 Å². The van der Waals surface area contributed by atoms with Crippen molar-refractivity contribution in [3.05, 3.63) is 47.8 Å². The predicted octanol–water partition coefficient (Wildman–Crippen LogP) is 4.10. The average Bonchev–Trinajstić information content (AvgIpc) is 3.08. The highest BCUT2D eigenvalue weighted by atomic mass is 16.2. The second kappa shape index (κ2) is 9.72. The Morgan fingerprint density at radius 2 is 1.62 bits per heavy atom. The summed E-state index contributed by atoms with van der Waals surface area (Å²) < 4.78 is 0. The molecular weight excluding hydrogens is 362 g/mol. The summed E-state index contributed by atoms with van der Waals surface area (Å²) in [6.07, 6.45) is 12.2. The number of nitrogens with one attached hydrogen (secondary N) is 1. The van der Waals surface area contributed by atoms with Gasteiger partial charge in [-0.1, -0.05) is 18.9 Å². The molecule has 0 spiro atoms. The first-order valence-corrected chi connectivity index (χ1v) is 11.0. The summed E-state index contributed by atoms with van der Waals surface area (Å²) in [5, 5.41) is 3.35. The normalized spacial score (nSPS) is 17.7. The molecule has 2 aromatic heterocycles. The molecule has 2 aromatic rings. The van der Waals surface area contributed by atoms with Gasteiger partial charge in [0.1, 0.15) is 11.6 Å². The molecular formula is C23H31N5O. The largest absolute Gasteiger partial charge is 0.365 e. The van der Waals surface area contributed by atoms with Gasteiger partial charge in [0.25, 0.3) is 5.91 Å². The lowest BCUT2D eigenvalue weighted by Gasteiger charge is -2.27. The molecule has 0 aromatic carbocycles. The maximum absolute atomic E-state index is 12.9. The summed E-state index contributed by atoms with van der Waals surface area (Å²) in [5.41, 5.74) is 1.74. The van der Waals surface area contributed by atoms with Crippen molar-refractivity contribution in [3.63, 3.8) is 0 Å². The second-order valence-corrected chi connectivity index (χ2v) is 8.03. The number of nitrogens with zero attached hydrogens (tertiary/aromatic N) is 4. The molecule has 0 saturated carbocycles. The zero-order chi connectivity index (χ0) is 19.9. The number of pyridine rings is 2. The third-order valence-corrected chi connectivity index (χ3v) is 5.88. The molecule has 1 N–H and O–H groups in total. The van der Waals surface area contributed by atoms with Gasteiger partial charge < -0.3 is 15.1 Å². The third-order valence-electron chi connectivity index (χ3n) is 5.88. The van der Waals surface area contributed by atoms with E-state index in [1.807, 2.05) is 23.2 Å². The zero-order valence-corrected chi connectivity index (χ0v) is 17.1. The molecule has 2 aliphatic rings. The zero-order valence-electron chi connectivity index (χ0n) is 17.1. The maximum Gasteiger partial charge on any atom is 0.257 e. The Morgan fingerprint density at radius 3 is 2.34 bits per heavy atom. The highest BCUT2D eigenvalue weighted by Crippen LogP contribution is 2.20. The Hall–Kier alpha value is -2.63. The minimum Gasteiger partial charge on any atom is -0.365 e. The summed E-state index contributed by atoms with van der Waals surface area (Å²) >= 11 is 0. The summed E-state index contributed by atoms with van der Waals surface area (Å²) in [6, 6.07) is 7.93. The highest BCUT2D eigenvalue weighted by molar-refractivity contribution is 5.98. The van der Waals surface area contributed by atoms with Gasteiger partial charge in [0.05, 0.1) is 5.56 Å². The van der Waals surface area contributed by atoms with Gasteiger partial charge in [0.15, 0.2) is 0 Å². The van der Waals surface area contributed by atoms with Crippen molar-refractivity contribution in [1.82, 2.24) is 14.9 Å². The van der Waals surface area contributed by atoms with Crippen LogP contribution in [-0.4, -0.2) is 47.0 Å². The molecule has 2 aliphatic heterocycles. The fraction of sp³-hybridized carbons (Fsp3) is 0.522. The van der Waals surface area contributed by atoms with Gasteiger partial charge in [-0.15, -0.1) is 0 Å². The van der Waals surface area contributed by atoms with Gasteiger partial charge in [-0.25, -0.2) is 9.97 Å². The maximum atomic E-state index is 12.9. The predicted molar refractivity (Wildman–Crippen MR) is 116 cm³/mol. The topological polar surface area (TPSA) is 61.4 Å². The number of piperidine rings is 1. The average molecular weight is 394 g/mol. The summed E-state index contributed by atoms with van der Waals surface area (Å²) in [5.74, 6) is 1.80. The molecule has 4 heterocycles. The quantitative estimate of drug-likeness (QED) is 0.829. The van der Waals surface area contributed by atoms with Crippen LogP contribution in [0.4, 0.5) is 11.6 Å². The number of anilines is 2. The number of likely N-dealkylation sites (tertiary alicyclic amines) is 1. The van der Waals surface area contributed by atoms with Crippen molar-refractivity contribution in [2.24, 2.45) is 0 Å². The number of amides is 1. The fourth-order valence-corrected chi connectivity index (χ4v) is 4.18. The van der Waals surface area contributed by atoms with Crippen molar-refractivity contribution < 1.29 is 4.79 Å². The first-order valence-electron chi connectivity index (χ1n) is 11.0. The van der Waals surface area contributed by atoms with Crippen LogP contribution in [0.2, 0.25) is 0 Å². The van der Waals surface area contributed by atoms with E-state index in [1.165, 1.54) is 32.1 Å². The molecule has 0 atom stereocenters. The molecule has 6 heteroatoms. The number of hydrogen-bond acceptors (Lipinski definition) is 5. The number of aromatic nitrogens is 2. The van der Waals surface area contributed by atoms with E-state index in [1.54, 1.807) is 6.20 Å². The minimum atomic E-state index is 0.0786. The monoisotopic (exact) mass is 393 g/mol. The second-order valence-electron chi connectivity index (χ2n) is 8.03. The van der Waals surface area contributed by atoms with Crippen molar-refractivity contribution in [3.8, 4) is 0 Å². The summed E-state index contributed by atoms with van der Waals surface area (Å²) in [4.78, 5) is 26.3. The molecule has 154 valence electrons. The van der Waals surface area contributed by atoms with E-state index >= 15 is 0 Å². The smallest absolute Gasteiger partial charge is 0.257 e. The summed E-state index contributed by atoms with van der Waals surface area (Å²) in [6.45, 7) is 4.48. The molecule has 6 nitrogen and oxygen atoms in total. The minimum absolute atomic E-state index is 0.0786. The molecule has 4 rings (SSSR count). The van der Waals surface area contributed by atoms with E-state index in [4.69, 9.17) is 0 Å². The van der Waals surface area contributed by atoms with Gasteiger partial charge in [0, 0.05) is 45.1 Å². The SMILES string of the molecule is O=C(c1cccnc1NCc1ccc(N2CCCCCC2)nc1)N1CCCCC1. The number of carbonyl (C=O) groups excluding carboxylic acids is 1. The molecule has 0 bridgehead atoms. The van der Waals surface area contributed by atoms with Crippen LogP contribution in [0.15, 0.2) is 36.7 Å². The van der Waals surface area contributed by atoms with E-state index in [-0.39, 0.29) is 5.91 Å². The van der Waals surface area contributed by atoms with Crippen molar-refractivity contribution >= 4 is 17.5 Å². The van der Waals surface area contributed by atoms with Gasteiger partial charge in [-0.2, -0.15) is 0 Å². The molecule has 29 heavy (non-hydrogen) atoms. The van der Waals surface area contributed by atoms with Crippen LogP contribution in [-0.2, 0) is 6.54 Å². The first-order chi connectivity index (χ1) is 14.3. The van der Waals surface area contributed by atoms with Gasteiger partial charge in [-0.05, 0) is 55.9 Å². The van der Waals surface area contributed by atoms with Crippen LogP contribution in [0.25, 0.3) is 0 Å². The van der Waals surface area contributed by atoms with Crippen LogP contribution in [0.3, 0.4) is 0 Å². The molecule has 0 unspecified atom stereocenters. The van der Waals surface area contributed by atoms with Crippen LogP contribution < -0.4 is 10.2 Å². The van der Waals surface area contributed by atoms with E-state index in [2.05, 4.69) is 32.3 Å². The molecule has 1 amide bonds. The van der Waals surface area contributed by atoms with E-state index < -0.39 is 0 Å². The van der Waals surface area contributed by atoms with E-state index in [0.717, 1.165) is 50.4 Å². The van der Waals surface area contributed by atoms with Crippen LogP contribution in [0, 0.1) is 0 Å². The van der Waals surface area contributed by atoms with Gasteiger partial charge in [-0.3, -0.25) is 4.79 Å². The van der Waals surface area contributed by atoms with Crippen molar-refractivity contribution in [1.29, 1.82) is 0 Å². The highest BCUT2D eigenvalue weighted by Gasteiger charge is 2.21. The number of rotatable bonds is 5. The van der Waals surface area contributed by atoms with Crippen LogP contribution >= 0.6 is 0 Å². The lowest BCUT2D eigenvalue weighted by molar-refractivity contribution is 0.0725. The Labute approximate surface area is 173 Å². The molecule has 0 radical (unpaired) electrons. The Bertz CT molecular complexity index is 793.